The topological polar surface area (TPSA) is 125 Å². The second kappa shape index (κ2) is 8.80. The van der Waals surface area contributed by atoms with Crippen molar-refractivity contribution in [3.63, 3.8) is 0 Å². The van der Waals surface area contributed by atoms with E-state index in [1.165, 1.54) is 12.1 Å². The van der Waals surface area contributed by atoms with Crippen LogP contribution in [0.25, 0.3) is 11.1 Å². The molecule has 3 rings (SSSR count). The molecule has 7 nitrogen and oxygen atoms in total. The highest BCUT2D eigenvalue weighted by molar-refractivity contribution is 5.81. The Balaban J connectivity index is 2.05. The lowest BCUT2D eigenvalue weighted by molar-refractivity contribution is 0.269. The van der Waals surface area contributed by atoms with Crippen LogP contribution in [0.1, 0.15) is 23.6 Å². The molecule has 0 aliphatic heterocycles. The zero-order valence-electron chi connectivity index (χ0n) is 16.0. The minimum Gasteiger partial charge on any atom is -0.490 e. The minimum absolute atomic E-state index is 0.0120. The number of rotatable bonds is 6. The van der Waals surface area contributed by atoms with Gasteiger partial charge >= 0.3 is 0 Å². The monoisotopic (exact) mass is 404 g/mol. The number of pyridine rings is 1. The van der Waals surface area contributed by atoms with Crippen LogP contribution in [-0.4, -0.2) is 11.6 Å². The zero-order valence-corrected chi connectivity index (χ0v) is 16.0. The lowest BCUT2D eigenvalue weighted by atomic mass is 9.96. The number of nitriles is 2. The van der Waals surface area contributed by atoms with Crippen molar-refractivity contribution in [1.82, 2.24) is 4.98 Å². The van der Waals surface area contributed by atoms with E-state index in [4.69, 9.17) is 15.2 Å². The van der Waals surface area contributed by atoms with Crippen LogP contribution in [-0.2, 0) is 6.61 Å². The molecule has 0 saturated heterocycles. The van der Waals surface area contributed by atoms with Crippen LogP contribution < -0.4 is 20.8 Å². The Morgan fingerprint density at radius 3 is 2.50 bits per heavy atom. The third kappa shape index (κ3) is 4.08. The summed E-state index contributed by atoms with van der Waals surface area (Å²) in [4.78, 5) is 14.4. The smallest absolute Gasteiger partial charge is 0.268 e. The third-order valence-electron chi connectivity index (χ3n) is 4.28. The third-order valence-corrected chi connectivity index (χ3v) is 4.28. The van der Waals surface area contributed by atoms with E-state index >= 15 is 0 Å². The van der Waals surface area contributed by atoms with Crippen molar-refractivity contribution in [2.45, 2.75) is 13.5 Å². The van der Waals surface area contributed by atoms with Crippen molar-refractivity contribution < 1.29 is 13.9 Å². The summed E-state index contributed by atoms with van der Waals surface area (Å²) in [6.45, 7) is 2.23. The van der Waals surface area contributed by atoms with Crippen molar-refractivity contribution in [2.75, 3.05) is 12.3 Å². The molecular weight excluding hydrogens is 387 g/mol. The van der Waals surface area contributed by atoms with Crippen molar-refractivity contribution in [3.8, 4) is 34.8 Å². The van der Waals surface area contributed by atoms with Gasteiger partial charge in [0.2, 0.25) is 0 Å². The van der Waals surface area contributed by atoms with Gasteiger partial charge < -0.3 is 20.2 Å². The number of nitrogens with two attached hydrogens (primary N) is 1. The van der Waals surface area contributed by atoms with E-state index in [9.17, 15) is 19.7 Å². The van der Waals surface area contributed by atoms with Crippen LogP contribution in [0.2, 0.25) is 0 Å². The summed E-state index contributed by atoms with van der Waals surface area (Å²) in [6, 6.07) is 14.5. The summed E-state index contributed by atoms with van der Waals surface area (Å²) in [5.74, 6) is 0.245. The maximum absolute atomic E-state index is 13.4. The first-order valence-electron chi connectivity index (χ1n) is 8.98. The number of halogens is 1. The van der Waals surface area contributed by atoms with Gasteiger partial charge in [0.25, 0.3) is 5.56 Å². The summed E-state index contributed by atoms with van der Waals surface area (Å²) in [5.41, 5.74) is 6.02. The molecule has 0 radical (unpaired) electrons. The Hall–Kier alpha value is -4.30. The van der Waals surface area contributed by atoms with Crippen LogP contribution in [0.3, 0.4) is 0 Å². The first-order chi connectivity index (χ1) is 14.5. The zero-order chi connectivity index (χ0) is 21.7. The van der Waals surface area contributed by atoms with E-state index in [1.54, 1.807) is 37.3 Å². The van der Waals surface area contributed by atoms with Crippen LogP contribution >= 0.6 is 0 Å². The number of hydrogen-bond acceptors (Lipinski definition) is 6. The van der Waals surface area contributed by atoms with Crippen LogP contribution in [0, 0.1) is 28.5 Å². The maximum atomic E-state index is 13.4. The van der Waals surface area contributed by atoms with Crippen LogP contribution in [0.15, 0.2) is 47.3 Å². The van der Waals surface area contributed by atoms with E-state index in [0.29, 0.717) is 29.2 Å². The predicted octanol–water partition coefficient (Wildman–Crippen LogP) is 3.48. The number of nitrogens with one attached hydrogen (secondary N) is 1. The van der Waals surface area contributed by atoms with E-state index in [0.717, 1.165) is 0 Å². The lowest BCUT2D eigenvalue weighted by Gasteiger charge is -2.15. The number of benzene rings is 2. The highest BCUT2D eigenvalue weighted by Gasteiger charge is 2.19. The van der Waals surface area contributed by atoms with Crippen LogP contribution in [0.4, 0.5) is 10.2 Å². The molecule has 0 aliphatic rings. The highest BCUT2D eigenvalue weighted by Crippen LogP contribution is 2.36. The Bertz CT molecular complexity index is 1240. The Morgan fingerprint density at radius 2 is 1.83 bits per heavy atom. The van der Waals surface area contributed by atoms with Crippen molar-refractivity contribution in [1.29, 1.82) is 10.5 Å². The molecule has 1 aromatic heterocycles. The Kier molecular flexibility index (Phi) is 6.00. The van der Waals surface area contributed by atoms with Gasteiger partial charge in [-0.25, -0.2) is 4.39 Å². The average Bonchev–Trinajstić information content (AvgIpc) is 2.72. The summed E-state index contributed by atoms with van der Waals surface area (Å²) >= 11 is 0. The number of aromatic nitrogens is 1. The van der Waals surface area contributed by atoms with Gasteiger partial charge in [-0.1, -0.05) is 18.2 Å². The molecule has 0 fully saturated rings. The van der Waals surface area contributed by atoms with Crippen molar-refractivity contribution >= 4 is 5.82 Å². The molecule has 0 saturated carbocycles. The van der Waals surface area contributed by atoms with Crippen molar-refractivity contribution in [3.05, 3.63) is 75.3 Å². The molecule has 3 aromatic rings. The number of aromatic amines is 1. The average molecular weight is 404 g/mol. The number of hydrogen-bond donors (Lipinski definition) is 2. The van der Waals surface area contributed by atoms with Gasteiger partial charge in [0.05, 0.1) is 6.61 Å². The van der Waals surface area contributed by atoms with Gasteiger partial charge in [0.15, 0.2) is 11.5 Å². The molecule has 8 heteroatoms. The molecule has 150 valence electrons. The highest BCUT2D eigenvalue weighted by atomic mass is 19.1. The van der Waals surface area contributed by atoms with E-state index in [1.807, 2.05) is 12.1 Å². The molecule has 0 amide bonds. The molecule has 0 aliphatic carbocycles. The Morgan fingerprint density at radius 1 is 1.07 bits per heavy atom. The normalized spacial score (nSPS) is 10.1. The number of H-pyrrole nitrogens is 1. The largest absolute Gasteiger partial charge is 0.490 e. The quantitative estimate of drug-likeness (QED) is 0.648. The van der Waals surface area contributed by atoms with Crippen LogP contribution in [0.5, 0.6) is 11.5 Å². The van der Waals surface area contributed by atoms with Gasteiger partial charge in [-0.3, -0.25) is 4.79 Å². The summed E-state index contributed by atoms with van der Waals surface area (Å²) in [5, 5.41) is 18.9. The number of anilines is 1. The van der Waals surface area contributed by atoms with Gasteiger partial charge in [0.1, 0.15) is 41.5 Å². The van der Waals surface area contributed by atoms with E-state index in [2.05, 4.69) is 4.98 Å². The van der Waals surface area contributed by atoms with Gasteiger partial charge in [-0.15, -0.1) is 0 Å². The fourth-order valence-electron chi connectivity index (χ4n) is 2.97. The molecule has 30 heavy (non-hydrogen) atoms. The van der Waals surface area contributed by atoms with Gasteiger partial charge in [-0.05, 0) is 42.3 Å². The number of nitrogens with zero attached hydrogens (tertiary/aromatic N) is 2. The fourth-order valence-corrected chi connectivity index (χ4v) is 2.97. The first kappa shape index (κ1) is 20.4. The minimum atomic E-state index is -0.687. The van der Waals surface area contributed by atoms with Gasteiger partial charge in [0, 0.05) is 5.56 Å². The van der Waals surface area contributed by atoms with Gasteiger partial charge in [-0.2, -0.15) is 10.5 Å². The maximum Gasteiger partial charge on any atom is 0.268 e. The predicted molar refractivity (Wildman–Crippen MR) is 108 cm³/mol. The molecule has 0 unspecified atom stereocenters. The molecule has 1 heterocycles. The van der Waals surface area contributed by atoms with Crippen molar-refractivity contribution in [2.24, 2.45) is 0 Å². The van der Waals surface area contributed by atoms with E-state index < -0.39 is 5.56 Å². The molecule has 0 spiro atoms. The molecule has 2 aromatic carbocycles. The standard InChI is InChI=1S/C22H17FN4O3/c1-2-29-19-9-14(20-16(10-24)21(26)27-22(28)17(20)11-25)6-7-18(19)30-12-13-4-3-5-15(23)8-13/h3-9H,2,12H2,1H3,(H3,26,27,28). The Labute approximate surface area is 171 Å². The summed E-state index contributed by atoms with van der Waals surface area (Å²) in [6.07, 6.45) is 0. The second-order valence-electron chi connectivity index (χ2n) is 6.23. The lowest BCUT2D eigenvalue weighted by Crippen LogP contribution is -2.16. The molecule has 0 atom stereocenters. The number of nitrogen functional groups attached to an aromatic ring is 1. The fraction of sp³-hybridized carbons (Fsp3) is 0.136. The first-order valence-corrected chi connectivity index (χ1v) is 8.98. The molecule has 3 N–H and O–H groups in total. The summed E-state index contributed by atoms with van der Waals surface area (Å²) in [7, 11) is 0. The number of ether oxygens (including phenoxy) is 2. The molecule has 0 bridgehead atoms. The van der Waals surface area contributed by atoms with E-state index in [-0.39, 0.29) is 34.9 Å². The SMILES string of the molecule is CCOc1cc(-c2c(C#N)c(N)[nH]c(=O)c2C#N)ccc1OCc1cccc(F)c1. The molecular formula is C22H17FN4O3. The summed E-state index contributed by atoms with van der Waals surface area (Å²) < 4.78 is 24.8. The second-order valence-corrected chi connectivity index (χ2v) is 6.23.